The van der Waals surface area contributed by atoms with Crippen LogP contribution in [0.1, 0.15) is 0 Å². The molecule has 0 spiro atoms. The second-order valence-corrected chi connectivity index (χ2v) is 10.5. The van der Waals surface area contributed by atoms with Gasteiger partial charge in [0.2, 0.25) is 0 Å². The molecule has 0 bridgehead atoms. The fraction of sp³-hybridized carbons (Fsp3) is 0.148. The highest BCUT2D eigenvalue weighted by molar-refractivity contribution is 7.92. The Morgan fingerprint density at radius 2 is 1.69 bits per heavy atom. The van der Waals surface area contributed by atoms with Crippen molar-refractivity contribution < 1.29 is 22.7 Å². The molecule has 0 fully saturated rings. The fourth-order valence-electron chi connectivity index (χ4n) is 4.01. The molecule has 1 heterocycles. The number of hydrogen-bond donors (Lipinski definition) is 1. The Labute approximate surface area is 214 Å². The average molecular weight is 523 g/mol. The zero-order valence-electron chi connectivity index (χ0n) is 19.1. The average Bonchev–Trinajstić information content (AvgIpc) is 2.90. The number of sulfonamides is 1. The smallest absolute Gasteiger partial charge is 0.264 e. The molecule has 0 unspecified atom stereocenters. The van der Waals surface area contributed by atoms with Crippen molar-refractivity contribution in [1.82, 2.24) is 5.32 Å². The maximum atomic E-state index is 13.4. The maximum Gasteiger partial charge on any atom is 0.264 e. The zero-order chi connectivity index (χ0) is 25.1. The third-order valence-corrected chi connectivity index (χ3v) is 7.87. The van der Waals surface area contributed by atoms with Crippen LogP contribution >= 0.6 is 11.6 Å². The van der Waals surface area contributed by atoms with E-state index < -0.39 is 22.0 Å². The van der Waals surface area contributed by atoms with E-state index in [1.54, 1.807) is 24.3 Å². The molecule has 36 heavy (non-hydrogen) atoms. The molecule has 1 atom stereocenters. The van der Waals surface area contributed by atoms with Crippen LogP contribution in [0.2, 0.25) is 5.02 Å². The molecule has 0 aromatic heterocycles. The van der Waals surface area contributed by atoms with Gasteiger partial charge >= 0.3 is 0 Å². The predicted molar refractivity (Wildman–Crippen MR) is 139 cm³/mol. The SMILES string of the molecule is O=C(NCCOc1ccc2ccccc2c1)[C@@H]1CN(S(=O)(=O)c2ccc(Cl)cc2)c2ccccc2O1. The van der Waals surface area contributed by atoms with E-state index >= 15 is 0 Å². The number of amides is 1. The third-order valence-electron chi connectivity index (χ3n) is 5.82. The van der Waals surface area contributed by atoms with Gasteiger partial charge in [-0.25, -0.2) is 8.42 Å². The van der Waals surface area contributed by atoms with Crippen molar-refractivity contribution in [1.29, 1.82) is 0 Å². The summed E-state index contributed by atoms with van der Waals surface area (Å²) >= 11 is 5.93. The minimum absolute atomic E-state index is 0.0755. The topological polar surface area (TPSA) is 84.9 Å². The molecule has 1 aliphatic rings. The lowest BCUT2D eigenvalue weighted by Gasteiger charge is -2.34. The number of hydrogen-bond acceptors (Lipinski definition) is 5. The number of ether oxygens (including phenoxy) is 2. The van der Waals surface area contributed by atoms with Crippen molar-refractivity contribution in [2.75, 3.05) is 24.0 Å². The lowest BCUT2D eigenvalue weighted by Crippen LogP contribution is -2.51. The Morgan fingerprint density at radius 1 is 0.972 bits per heavy atom. The van der Waals surface area contributed by atoms with Gasteiger partial charge in [-0.1, -0.05) is 54.1 Å². The van der Waals surface area contributed by atoms with E-state index in [9.17, 15) is 13.2 Å². The first-order valence-electron chi connectivity index (χ1n) is 11.4. The van der Waals surface area contributed by atoms with E-state index in [0.29, 0.717) is 22.2 Å². The summed E-state index contributed by atoms with van der Waals surface area (Å²) in [6.45, 7) is 0.316. The van der Waals surface area contributed by atoms with Crippen LogP contribution in [-0.2, 0) is 14.8 Å². The molecule has 0 radical (unpaired) electrons. The number of fused-ring (bicyclic) bond motifs is 2. The van der Waals surface area contributed by atoms with Gasteiger partial charge in [-0.2, -0.15) is 0 Å². The highest BCUT2D eigenvalue weighted by atomic mass is 35.5. The summed E-state index contributed by atoms with van der Waals surface area (Å²) < 4.78 is 39.7. The molecule has 9 heteroatoms. The zero-order valence-corrected chi connectivity index (χ0v) is 20.7. The highest BCUT2D eigenvalue weighted by Gasteiger charge is 2.37. The molecule has 4 aromatic rings. The first kappa shape index (κ1) is 24.0. The van der Waals surface area contributed by atoms with Gasteiger partial charge in [-0.15, -0.1) is 0 Å². The molecule has 1 amide bonds. The van der Waals surface area contributed by atoms with Crippen molar-refractivity contribution in [2.24, 2.45) is 0 Å². The molecule has 7 nitrogen and oxygen atoms in total. The lowest BCUT2D eigenvalue weighted by molar-refractivity contribution is -0.127. The molecule has 4 aromatic carbocycles. The van der Waals surface area contributed by atoms with Crippen LogP contribution < -0.4 is 19.1 Å². The Bertz CT molecular complexity index is 1510. The van der Waals surface area contributed by atoms with Crippen LogP contribution in [0.15, 0.2) is 95.9 Å². The highest BCUT2D eigenvalue weighted by Crippen LogP contribution is 2.37. The van der Waals surface area contributed by atoms with Crippen LogP contribution in [0, 0.1) is 0 Å². The van der Waals surface area contributed by atoms with Crippen molar-refractivity contribution in [3.8, 4) is 11.5 Å². The number of carbonyl (C=O) groups excluding carboxylic acids is 1. The number of carbonyl (C=O) groups is 1. The summed E-state index contributed by atoms with van der Waals surface area (Å²) in [7, 11) is -3.95. The second kappa shape index (κ2) is 10.1. The van der Waals surface area contributed by atoms with E-state index in [1.807, 2.05) is 42.5 Å². The van der Waals surface area contributed by atoms with Crippen molar-refractivity contribution in [3.05, 3.63) is 96.0 Å². The van der Waals surface area contributed by atoms with E-state index in [4.69, 9.17) is 21.1 Å². The first-order valence-corrected chi connectivity index (χ1v) is 13.2. The van der Waals surface area contributed by atoms with E-state index in [-0.39, 0.29) is 24.6 Å². The number of anilines is 1. The Hall–Kier alpha value is -3.75. The van der Waals surface area contributed by atoms with Gasteiger partial charge in [-0.05, 0) is 59.3 Å². The maximum absolute atomic E-state index is 13.4. The molecule has 184 valence electrons. The summed E-state index contributed by atoms with van der Waals surface area (Å²) in [5, 5.41) is 5.39. The lowest BCUT2D eigenvalue weighted by atomic mass is 10.1. The van der Waals surface area contributed by atoms with Gasteiger partial charge in [0.15, 0.2) is 6.10 Å². The largest absolute Gasteiger partial charge is 0.492 e. The van der Waals surface area contributed by atoms with Crippen LogP contribution in [0.25, 0.3) is 10.8 Å². The molecule has 1 N–H and O–H groups in total. The Morgan fingerprint density at radius 3 is 2.50 bits per heavy atom. The standard InChI is InChI=1S/C27H23ClN2O5S/c28-21-10-13-23(14-11-21)36(32,33)30-18-26(35-25-8-4-3-7-24(25)30)27(31)29-15-16-34-22-12-9-19-5-1-2-6-20(19)17-22/h1-14,17,26H,15-16,18H2,(H,29,31)/t26-/m0/s1. The van der Waals surface area contributed by atoms with Crippen molar-refractivity contribution in [3.63, 3.8) is 0 Å². The van der Waals surface area contributed by atoms with Crippen LogP contribution in [-0.4, -0.2) is 40.1 Å². The summed E-state index contributed by atoms with van der Waals surface area (Å²) in [6.07, 6.45) is -1.03. The van der Waals surface area contributed by atoms with Gasteiger partial charge in [0.25, 0.3) is 15.9 Å². The molecular weight excluding hydrogens is 500 g/mol. The molecule has 5 rings (SSSR count). The van der Waals surface area contributed by atoms with E-state index in [1.165, 1.54) is 28.6 Å². The summed E-state index contributed by atoms with van der Waals surface area (Å²) in [5.41, 5.74) is 0.371. The number of halogens is 1. The molecular formula is C27H23ClN2O5S. The normalized spacial score (nSPS) is 15.1. The van der Waals surface area contributed by atoms with E-state index in [2.05, 4.69) is 5.32 Å². The predicted octanol–water partition coefficient (Wildman–Crippen LogP) is 4.64. The second-order valence-electron chi connectivity index (χ2n) is 8.21. The molecule has 0 aliphatic carbocycles. The monoisotopic (exact) mass is 522 g/mol. The minimum atomic E-state index is -3.95. The number of nitrogens with one attached hydrogen (secondary N) is 1. The quantitative estimate of drug-likeness (QED) is 0.357. The van der Waals surface area contributed by atoms with Crippen LogP contribution in [0.4, 0.5) is 5.69 Å². The summed E-state index contributed by atoms with van der Waals surface area (Å²) in [4.78, 5) is 13.0. The van der Waals surface area contributed by atoms with Crippen LogP contribution in [0.3, 0.4) is 0 Å². The number of rotatable bonds is 7. The number of para-hydroxylation sites is 2. The van der Waals surface area contributed by atoms with E-state index in [0.717, 1.165) is 10.8 Å². The van der Waals surface area contributed by atoms with Gasteiger partial charge in [0, 0.05) is 5.02 Å². The Kier molecular flexibility index (Phi) is 6.71. The van der Waals surface area contributed by atoms with Crippen molar-refractivity contribution in [2.45, 2.75) is 11.0 Å². The third kappa shape index (κ3) is 4.96. The summed E-state index contributed by atoms with van der Waals surface area (Å²) in [6, 6.07) is 26.4. The van der Waals surface area contributed by atoms with Gasteiger partial charge in [-0.3, -0.25) is 9.10 Å². The molecule has 0 saturated carbocycles. The van der Waals surface area contributed by atoms with Crippen molar-refractivity contribution >= 4 is 44.0 Å². The summed E-state index contributed by atoms with van der Waals surface area (Å²) in [5.74, 6) is 0.586. The molecule has 0 saturated heterocycles. The fourth-order valence-corrected chi connectivity index (χ4v) is 5.62. The first-order chi connectivity index (χ1) is 17.4. The van der Waals surface area contributed by atoms with Gasteiger partial charge in [0.1, 0.15) is 18.1 Å². The number of benzene rings is 4. The number of nitrogens with zero attached hydrogens (tertiary/aromatic N) is 1. The Balaban J connectivity index is 1.26. The van der Waals surface area contributed by atoms with Gasteiger partial charge in [0.05, 0.1) is 23.7 Å². The van der Waals surface area contributed by atoms with Gasteiger partial charge < -0.3 is 14.8 Å². The molecule has 1 aliphatic heterocycles. The minimum Gasteiger partial charge on any atom is -0.492 e. The van der Waals surface area contributed by atoms with Crippen LogP contribution in [0.5, 0.6) is 11.5 Å².